The molecule has 0 saturated heterocycles. The Morgan fingerprint density at radius 1 is 1.61 bits per heavy atom. The number of nitro groups is 1. The molecule has 0 bridgehead atoms. The second-order valence-electron chi connectivity index (χ2n) is 3.20. The molecule has 0 fully saturated rings. The highest BCUT2D eigenvalue weighted by Crippen LogP contribution is 2.25. The van der Waals surface area contributed by atoms with E-state index in [0.29, 0.717) is 6.07 Å². The van der Waals surface area contributed by atoms with Crippen LogP contribution in [-0.2, 0) is 9.53 Å². The lowest BCUT2D eigenvalue weighted by Crippen LogP contribution is -2.00. The molecule has 0 heterocycles. The van der Waals surface area contributed by atoms with E-state index in [1.165, 1.54) is 7.11 Å². The van der Waals surface area contributed by atoms with Crippen LogP contribution in [0.4, 0.5) is 15.8 Å². The van der Waals surface area contributed by atoms with Gasteiger partial charge in [-0.1, -0.05) is 11.8 Å². The monoisotopic (exact) mass is 252 g/mol. The number of carbonyl (C=O) groups excluding carboxylic acids is 1. The minimum absolute atomic E-state index is 0.0365. The van der Waals surface area contributed by atoms with Crippen molar-refractivity contribution in [1.29, 1.82) is 0 Å². The van der Waals surface area contributed by atoms with Crippen LogP contribution in [0, 0.1) is 27.8 Å². The van der Waals surface area contributed by atoms with Crippen LogP contribution in [0.2, 0.25) is 0 Å². The molecule has 0 saturated carbocycles. The van der Waals surface area contributed by atoms with Gasteiger partial charge < -0.3 is 10.5 Å². The molecule has 0 aliphatic rings. The Morgan fingerprint density at radius 2 is 2.28 bits per heavy atom. The molecular formula is C11H9FN2O4. The number of nitrogens with two attached hydrogens (primary N) is 1. The number of nitrogen functional groups attached to an aromatic ring is 1. The second kappa shape index (κ2) is 5.63. The Kier molecular flexibility index (Phi) is 4.21. The van der Waals surface area contributed by atoms with Gasteiger partial charge in [0.1, 0.15) is 17.9 Å². The smallest absolute Gasteiger partial charge is 0.317 e. The van der Waals surface area contributed by atoms with Crippen LogP contribution >= 0.6 is 0 Å². The van der Waals surface area contributed by atoms with Gasteiger partial charge in [0, 0.05) is 0 Å². The predicted molar refractivity (Wildman–Crippen MR) is 61.0 cm³/mol. The van der Waals surface area contributed by atoms with Crippen molar-refractivity contribution in [1.82, 2.24) is 0 Å². The zero-order valence-electron chi connectivity index (χ0n) is 9.40. The van der Waals surface area contributed by atoms with E-state index in [2.05, 4.69) is 16.6 Å². The van der Waals surface area contributed by atoms with Crippen LogP contribution in [-0.4, -0.2) is 18.0 Å². The summed E-state index contributed by atoms with van der Waals surface area (Å²) in [5, 5.41) is 10.6. The third-order valence-corrected chi connectivity index (χ3v) is 2.00. The molecule has 0 aliphatic heterocycles. The first-order valence-electron chi connectivity index (χ1n) is 4.74. The Labute approximate surface area is 102 Å². The highest BCUT2D eigenvalue weighted by molar-refractivity contribution is 5.73. The number of halogens is 1. The first-order chi connectivity index (χ1) is 8.45. The summed E-state index contributed by atoms with van der Waals surface area (Å²) in [5.74, 6) is 3.40. The van der Waals surface area contributed by atoms with E-state index in [1.54, 1.807) is 0 Å². The Balaban J connectivity index is 3.10. The summed E-state index contributed by atoms with van der Waals surface area (Å²) in [4.78, 5) is 20.6. The molecule has 0 amide bonds. The van der Waals surface area contributed by atoms with Crippen LogP contribution in [0.3, 0.4) is 0 Å². The van der Waals surface area contributed by atoms with Gasteiger partial charge in [-0.05, 0) is 6.07 Å². The van der Waals surface area contributed by atoms with Crippen molar-refractivity contribution in [3.8, 4) is 11.8 Å². The van der Waals surface area contributed by atoms with E-state index in [0.717, 1.165) is 6.07 Å². The summed E-state index contributed by atoms with van der Waals surface area (Å²) in [7, 11) is 1.20. The number of nitro benzene ring substituents is 1. The zero-order chi connectivity index (χ0) is 13.7. The van der Waals surface area contributed by atoms with Crippen molar-refractivity contribution in [2.45, 2.75) is 6.42 Å². The topological polar surface area (TPSA) is 95.5 Å². The number of hydrogen-bond acceptors (Lipinski definition) is 5. The van der Waals surface area contributed by atoms with Crippen LogP contribution in [0.1, 0.15) is 12.0 Å². The van der Waals surface area contributed by atoms with E-state index < -0.39 is 22.4 Å². The Morgan fingerprint density at radius 3 is 2.83 bits per heavy atom. The van der Waals surface area contributed by atoms with Crippen molar-refractivity contribution in [2.24, 2.45) is 0 Å². The summed E-state index contributed by atoms with van der Waals surface area (Å²) in [6, 6.07) is 1.67. The molecule has 0 atom stereocenters. The van der Waals surface area contributed by atoms with Crippen LogP contribution in [0.5, 0.6) is 0 Å². The number of esters is 1. The largest absolute Gasteiger partial charge is 0.468 e. The van der Waals surface area contributed by atoms with Gasteiger partial charge in [0.05, 0.1) is 23.7 Å². The molecule has 2 N–H and O–H groups in total. The van der Waals surface area contributed by atoms with Gasteiger partial charge in [0.15, 0.2) is 0 Å². The fraction of sp³-hybridized carbons (Fsp3) is 0.182. The number of carbonyl (C=O) groups is 1. The average Bonchev–Trinajstić information content (AvgIpc) is 2.32. The molecule has 7 heteroatoms. The summed E-state index contributed by atoms with van der Waals surface area (Å²) in [6.45, 7) is 0. The first kappa shape index (κ1) is 13.4. The number of hydrogen-bond donors (Lipinski definition) is 1. The Hall–Kier alpha value is -2.62. The maximum absolute atomic E-state index is 13.1. The maximum atomic E-state index is 13.1. The van der Waals surface area contributed by atoms with Gasteiger partial charge in [0.25, 0.3) is 5.69 Å². The molecule has 1 aromatic carbocycles. The highest BCUT2D eigenvalue weighted by Gasteiger charge is 2.16. The molecule has 0 radical (unpaired) electrons. The quantitative estimate of drug-likeness (QED) is 0.281. The fourth-order valence-electron chi connectivity index (χ4n) is 1.14. The molecule has 0 unspecified atom stereocenters. The lowest BCUT2D eigenvalue weighted by atomic mass is 10.1. The molecule has 1 rings (SSSR count). The normalized spacial score (nSPS) is 9.22. The summed E-state index contributed by atoms with van der Waals surface area (Å²) < 4.78 is 17.4. The van der Waals surface area contributed by atoms with Crippen molar-refractivity contribution in [3.63, 3.8) is 0 Å². The number of anilines is 1. The minimum Gasteiger partial charge on any atom is -0.468 e. The lowest BCUT2D eigenvalue weighted by molar-refractivity contribution is -0.384. The number of benzene rings is 1. The molecule has 18 heavy (non-hydrogen) atoms. The maximum Gasteiger partial charge on any atom is 0.317 e. The van der Waals surface area contributed by atoms with Gasteiger partial charge in [-0.2, -0.15) is 0 Å². The second-order valence-corrected chi connectivity index (χ2v) is 3.20. The number of nitrogens with zero attached hydrogens (tertiary/aromatic N) is 1. The van der Waals surface area contributed by atoms with Crippen molar-refractivity contribution in [2.75, 3.05) is 12.8 Å². The lowest BCUT2D eigenvalue weighted by Gasteiger charge is -2.00. The van der Waals surface area contributed by atoms with Gasteiger partial charge in [0.2, 0.25) is 0 Å². The van der Waals surface area contributed by atoms with E-state index in [4.69, 9.17) is 5.73 Å². The highest BCUT2D eigenvalue weighted by atomic mass is 19.1. The molecular weight excluding hydrogens is 243 g/mol. The van der Waals surface area contributed by atoms with Crippen molar-refractivity contribution >= 4 is 17.3 Å². The van der Waals surface area contributed by atoms with E-state index >= 15 is 0 Å². The predicted octanol–water partition coefficient (Wildman–Crippen LogP) is 1.23. The molecule has 0 aromatic heterocycles. The fourth-order valence-corrected chi connectivity index (χ4v) is 1.14. The number of rotatable bonds is 2. The summed E-state index contributed by atoms with van der Waals surface area (Å²) >= 11 is 0. The standard InChI is InChI=1S/C11H9FN2O4/c1-18-10(15)4-2-3-7-5-8(12)6-9(11(7)13)14(16)17/h5-6H,4,13H2,1H3. The van der Waals surface area contributed by atoms with Gasteiger partial charge in [-0.15, -0.1) is 0 Å². The molecule has 0 aliphatic carbocycles. The molecule has 0 spiro atoms. The van der Waals surface area contributed by atoms with Crippen molar-refractivity contribution < 1.29 is 18.8 Å². The first-order valence-corrected chi connectivity index (χ1v) is 4.74. The minimum atomic E-state index is -0.821. The average molecular weight is 252 g/mol. The number of ether oxygens (including phenoxy) is 1. The zero-order valence-corrected chi connectivity index (χ0v) is 9.40. The van der Waals surface area contributed by atoms with E-state index in [1.807, 2.05) is 0 Å². The Bertz CT molecular complexity index is 560. The molecule has 94 valence electrons. The van der Waals surface area contributed by atoms with E-state index in [-0.39, 0.29) is 17.7 Å². The van der Waals surface area contributed by atoms with E-state index in [9.17, 15) is 19.3 Å². The third-order valence-electron chi connectivity index (χ3n) is 2.00. The SMILES string of the molecule is COC(=O)CC#Cc1cc(F)cc([N+](=O)[O-])c1N. The number of methoxy groups -OCH3 is 1. The van der Waals surface area contributed by atoms with Crippen LogP contribution in [0.15, 0.2) is 12.1 Å². The third kappa shape index (κ3) is 3.18. The van der Waals surface area contributed by atoms with Crippen LogP contribution < -0.4 is 5.73 Å². The van der Waals surface area contributed by atoms with Crippen LogP contribution in [0.25, 0.3) is 0 Å². The summed E-state index contributed by atoms with van der Waals surface area (Å²) in [5.41, 5.74) is 4.64. The van der Waals surface area contributed by atoms with Gasteiger partial charge in [-0.25, -0.2) is 4.39 Å². The van der Waals surface area contributed by atoms with Crippen molar-refractivity contribution in [3.05, 3.63) is 33.6 Å². The summed E-state index contributed by atoms with van der Waals surface area (Å²) in [6.07, 6.45) is -0.208. The molecule has 1 aromatic rings. The van der Waals surface area contributed by atoms with Gasteiger partial charge in [-0.3, -0.25) is 14.9 Å². The molecule has 6 nitrogen and oxygen atoms in total. The van der Waals surface area contributed by atoms with Gasteiger partial charge >= 0.3 is 5.97 Å².